The number of nitrogens with zero attached hydrogens (tertiary/aromatic N) is 1. The fourth-order valence-corrected chi connectivity index (χ4v) is 5.95. The van der Waals surface area contributed by atoms with Crippen LogP contribution in [0.1, 0.15) is 41.2 Å². The zero-order valence-electron chi connectivity index (χ0n) is 26.5. The molecule has 5 rings (SSSR count). The van der Waals surface area contributed by atoms with Crippen LogP contribution in [0.4, 0.5) is 0 Å². The minimum absolute atomic E-state index is 0.0646. The third-order valence-corrected chi connectivity index (χ3v) is 8.65. The van der Waals surface area contributed by atoms with Gasteiger partial charge in [-0.2, -0.15) is 0 Å². The quantitative estimate of drug-likeness (QED) is 0.131. The van der Waals surface area contributed by atoms with Crippen molar-refractivity contribution in [2.24, 2.45) is 4.99 Å². The largest absolute Gasteiger partial charge is 0.497 e. The Hall–Kier alpha value is -4.60. The van der Waals surface area contributed by atoms with Gasteiger partial charge in [-0.25, -0.2) is 4.99 Å². The molecule has 0 aromatic heterocycles. The van der Waals surface area contributed by atoms with Crippen molar-refractivity contribution in [2.75, 3.05) is 34.0 Å². The second-order valence-corrected chi connectivity index (χ2v) is 11.9. The van der Waals surface area contributed by atoms with Crippen molar-refractivity contribution in [3.8, 4) is 17.2 Å². The Balaban J connectivity index is 1.50. The molecule has 0 saturated carbocycles. The number of methoxy groups -OCH3 is 2. The van der Waals surface area contributed by atoms with Gasteiger partial charge in [0, 0.05) is 41.6 Å². The maximum Gasteiger partial charge on any atom is 0.252 e. The lowest BCUT2D eigenvalue weighted by Gasteiger charge is -2.30. The summed E-state index contributed by atoms with van der Waals surface area (Å²) in [5.41, 5.74) is 2.15. The molecule has 0 fully saturated rings. The van der Waals surface area contributed by atoms with E-state index < -0.39 is 11.6 Å². The minimum atomic E-state index is -1.32. The molecule has 0 unspecified atom stereocenters. The van der Waals surface area contributed by atoms with Gasteiger partial charge in [-0.1, -0.05) is 76.6 Å². The molecule has 0 saturated heterocycles. The summed E-state index contributed by atoms with van der Waals surface area (Å²) in [5, 5.41) is 12.3. The normalized spacial score (nSPS) is 17.2. The summed E-state index contributed by atoms with van der Waals surface area (Å²) < 4.78 is 24.1. The lowest BCUT2D eigenvalue weighted by molar-refractivity contribution is -0.128. The van der Waals surface area contributed by atoms with E-state index in [4.69, 9.17) is 29.0 Å². The van der Waals surface area contributed by atoms with Crippen LogP contribution in [0.2, 0.25) is 0 Å². The second-order valence-electron chi connectivity index (χ2n) is 11.0. The maximum atomic E-state index is 14.5. The lowest BCUT2D eigenvalue weighted by atomic mass is 9.84. The molecule has 2 N–H and O–H groups in total. The highest BCUT2D eigenvalue weighted by atomic mass is 79.9. The molecule has 0 radical (unpaired) electrons. The summed E-state index contributed by atoms with van der Waals surface area (Å²) >= 11 is 3.70. The molecule has 1 amide bonds. The number of nitrogens with one attached hydrogen (secondary N) is 1. The first-order chi connectivity index (χ1) is 23.0. The molecule has 8 nitrogen and oxygen atoms in total. The third-order valence-electron chi connectivity index (χ3n) is 7.92. The Morgan fingerprint density at radius 2 is 1.72 bits per heavy atom. The number of benzene rings is 4. The summed E-state index contributed by atoms with van der Waals surface area (Å²) in [5.74, 6) is 2.22. The number of aliphatic imine (C=N–C) groups is 1. The third kappa shape index (κ3) is 8.22. The summed E-state index contributed by atoms with van der Waals surface area (Å²) in [6, 6.07) is 30.7. The van der Waals surface area contributed by atoms with Crippen LogP contribution in [0, 0.1) is 0 Å². The molecular formula is C38H39BrN2O6. The Morgan fingerprint density at radius 3 is 2.45 bits per heavy atom. The summed E-state index contributed by atoms with van der Waals surface area (Å²) in [7, 11) is 3.25. The van der Waals surface area contributed by atoms with E-state index in [2.05, 4.69) is 21.2 Å². The topological polar surface area (TPSA) is 98.6 Å². The molecule has 0 spiro atoms. The van der Waals surface area contributed by atoms with E-state index in [0.717, 1.165) is 32.5 Å². The van der Waals surface area contributed by atoms with Crippen LogP contribution in [-0.2, 0) is 16.0 Å². The molecule has 0 bridgehead atoms. The number of aliphatic hydroxyl groups excluding tert-OH is 1. The standard InChI is InChI=1S/C38H39BrN2O6/c1-44-31-19-20-34(45-2)29(26-31)21-23-40-37(43)38(22-8-12-27-10-4-3-5-11-27)35(32-13-6-7-14-33(32)39)47-36(41-38)28-15-17-30(18-16-28)46-25-9-24-42/h3-8,10-20,26,35,42H,9,21-25H2,1-2H3,(H,40,43)/b12-8+/t35-,38-/m1/s1. The Bertz CT molecular complexity index is 1690. The van der Waals surface area contributed by atoms with Crippen molar-refractivity contribution in [1.29, 1.82) is 0 Å². The molecule has 1 aliphatic rings. The summed E-state index contributed by atoms with van der Waals surface area (Å²) in [6.45, 7) is 0.825. The van der Waals surface area contributed by atoms with Crippen molar-refractivity contribution in [3.63, 3.8) is 0 Å². The van der Waals surface area contributed by atoms with E-state index in [-0.39, 0.29) is 18.9 Å². The van der Waals surface area contributed by atoms with Crippen LogP contribution >= 0.6 is 15.9 Å². The SMILES string of the molecule is COc1ccc(OC)c(CCNC(=O)[C@]2(C/C=C/c3ccccc3)N=C(c3ccc(OCCCO)cc3)O[C@@H]2c2ccccc2Br)c1. The van der Waals surface area contributed by atoms with Crippen molar-refractivity contribution in [2.45, 2.75) is 30.9 Å². The molecule has 244 valence electrons. The van der Waals surface area contributed by atoms with Crippen LogP contribution in [0.3, 0.4) is 0 Å². The minimum Gasteiger partial charge on any atom is -0.497 e. The van der Waals surface area contributed by atoms with Crippen molar-refractivity contribution in [1.82, 2.24) is 5.32 Å². The van der Waals surface area contributed by atoms with Crippen molar-refractivity contribution in [3.05, 3.63) is 130 Å². The van der Waals surface area contributed by atoms with E-state index in [1.807, 2.05) is 109 Å². The number of rotatable bonds is 15. The van der Waals surface area contributed by atoms with E-state index in [1.54, 1.807) is 14.2 Å². The van der Waals surface area contributed by atoms with Gasteiger partial charge in [0.05, 0.1) is 20.8 Å². The number of hydrogen-bond donors (Lipinski definition) is 2. The van der Waals surface area contributed by atoms with Crippen LogP contribution in [0.25, 0.3) is 6.08 Å². The molecule has 4 aromatic rings. The number of hydrogen-bond acceptors (Lipinski definition) is 7. The molecular weight excluding hydrogens is 660 g/mol. The van der Waals surface area contributed by atoms with Gasteiger partial charge in [-0.3, -0.25) is 4.79 Å². The highest BCUT2D eigenvalue weighted by Gasteiger charge is 2.53. The van der Waals surface area contributed by atoms with Crippen LogP contribution in [0.15, 0.2) is 113 Å². The number of carbonyl (C=O) groups excluding carboxylic acids is 1. The molecule has 0 aliphatic carbocycles. The molecule has 1 heterocycles. The van der Waals surface area contributed by atoms with Gasteiger partial charge in [0.15, 0.2) is 11.6 Å². The number of ether oxygens (including phenoxy) is 4. The van der Waals surface area contributed by atoms with Gasteiger partial charge in [-0.05, 0) is 66.1 Å². The Kier molecular flexibility index (Phi) is 11.7. The van der Waals surface area contributed by atoms with Crippen LogP contribution in [0.5, 0.6) is 17.2 Å². The highest BCUT2D eigenvalue weighted by Crippen LogP contribution is 2.45. The van der Waals surface area contributed by atoms with Gasteiger partial charge in [0.2, 0.25) is 5.90 Å². The molecule has 1 aliphatic heterocycles. The average Bonchev–Trinajstić information content (AvgIpc) is 3.49. The van der Waals surface area contributed by atoms with E-state index in [1.165, 1.54) is 0 Å². The lowest BCUT2D eigenvalue weighted by Crippen LogP contribution is -2.48. The number of halogens is 1. The van der Waals surface area contributed by atoms with E-state index >= 15 is 0 Å². The van der Waals surface area contributed by atoms with Crippen LogP contribution in [-0.4, -0.2) is 56.4 Å². The van der Waals surface area contributed by atoms with Gasteiger partial charge < -0.3 is 29.4 Å². The second kappa shape index (κ2) is 16.3. The number of aliphatic hydroxyl groups is 1. The Morgan fingerprint density at radius 1 is 0.979 bits per heavy atom. The summed E-state index contributed by atoms with van der Waals surface area (Å²) in [6.07, 6.45) is 4.62. The van der Waals surface area contributed by atoms with Gasteiger partial charge in [0.1, 0.15) is 17.2 Å². The predicted octanol–water partition coefficient (Wildman–Crippen LogP) is 6.95. The average molecular weight is 700 g/mol. The maximum absolute atomic E-state index is 14.5. The number of amides is 1. The van der Waals surface area contributed by atoms with E-state index in [9.17, 15) is 4.79 Å². The van der Waals surface area contributed by atoms with Crippen molar-refractivity contribution < 1.29 is 28.8 Å². The van der Waals surface area contributed by atoms with Gasteiger partial charge in [0.25, 0.3) is 5.91 Å². The molecule has 47 heavy (non-hydrogen) atoms. The fourth-order valence-electron chi connectivity index (χ4n) is 5.46. The predicted molar refractivity (Wildman–Crippen MR) is 187 cm³/mol. The zero-order chi connectivity index (χ0) is 33.1. The van der Waals surface area contributed by atoms with Crippen LogP contribution < -0.4 is 19.5 Å². The Labute approximate surface area is 284 Å². The zero-order valence-corrected chi connectivity index (χ0v) is 28.1. The van der Waals surface area contributed by atoms with Crippen molar-refractivity contribution >= 4 is 33.8 Å². The monoisotopic (exact) mass is 698 g/mol. The summed E-state index contributed by atoms with van der Waals surface area (Å²) in [4.78, 5) is 19.6. The first-order valence-corrected chi connectivity index (χ1v) is 16.3. The van der Waals surface area contributed by atoms with Gasteiger partial charge >= 0.3 is 0 Å². The number of carbonyl (C=O) groups is 1. The highest BCUT2D eigenvalue weighted by molar-refractivity contribution is 9.10. The first kappa shape index (κ1) is 33.8. The fraction of sp³-hybridized carbons (Fsp3) is 0.263. The smallest absolute Gasteiger partial charge is 0.252 e. The van der Waals surface area contributed by atoms with Gasteiger partial charge in [-0.15, -0.1) is 0 Å². The van der Waals surface area contributed by atoms with E-state index in [0.29, 0.717) is 43.4 Å². The first-order valence-electron chi connectivity index (χ1n) is 15.5. The molecule has 9 heteroatoms. The molecule has 4 aromatic carbocycles. The molecule has 2 atom stereocenters.